The maximum atomic E-state index is 11.6. The molecule has 4 N–H and O–H groups in total. The largest absolute Gasteiger partial charge is 0.368 e. The van der Waals surface area contributed by atoms with Gasteiger partial charge in [-0.2, -0.15) is 0 Å². The molecular formula is C13H15BrN4O2. The number of hydrogen-bond acceptors (Lipinski definition) is 4. The minimum absolute atomic E-state index is 0.0695. The third-order valence-electron chi connectivity index (χ3n) is 3.65. The summed E-state index contributed by atoms with van der Waals surface area (Å²) in [5, 5.41) is 5.63. The second kappa shape index (κ2) is 5.06. The Balaban J connectivity index is 1.93. The van der Waals surface area contributed by atoms with Crippen molar-refractivity contribution < 1.29 is 9.59 Å². The Labute approximate surface area is 124 Å². The minimum atomic E-state index is -0.609. The molecule has 2 heterocycles. The molecule has 0 spiro atoms. The molecule has 3 rings (SSSR count). The summed E-state index contributed by atoms with van der Waals surface area (Å²) in [6.45, 7) is 2.01. The van der Waals surface area contributed by atoms with E-state index in [4.69, 9.17) is 5.73 Å². The highest BCUT2D eigenvalue weighted by Crippen LogP contribution is 2.38. The van der Waals surface area contributed by atoms with Crippen molar-refractivity contribution in [3.63, 3.8) is 0 Å². The molecule has 1 atom stereocenters. The molecule has 1 aromatic carbocycles. The van der Waals surface area contributed by atoms with Crippen molar-refractivity contribution in [3.05, 3.63) is 22.2 Å². The van der Waals surface area contributed by atoms with Crippen molar-refractivity contribution in [2.45, 2.75) is 12.5 Å². The molecule has 20 heavy (non-hydrogen) atoms. The Hall–Kier alpha value is -1.60. The molecule has 1 fully saturated rings. The summed E-state index contributed by atoms with van der Waals surface area (Å²) in [7, 11) is 0. The van der Waals surface area contributed by atoms with Gasteiger partial charge in [-0.3, -0.25) is 9.59 Å². The third-order valence-corrected chi connectivity index (χ3v) is 4.28. The molecule has 6 nitrogen and oxygen atoms in total. The first kappa shape index (κ1) is 13.4. The summed E-state index contributed by atoms with van der Waals surface area (Å²) in [5.41, 5.74) is 8.35. The van der Waals surface area contributed by atoms with E-state index in [-0.39, 0.29) is 11.8 Å². The molecule has 0 aliphatic carbocycles. The molecule has 7 heteroatoms. The van der Waals surface area contributed by atoms with Crippen LogP contribution in [-0.4, -0.2) is 31.4 Å². The number of benzene rings is 1. The smallest absolute Gasteiger partial charge is 0.245 e. The predicted octanol–water partition coefficient (Wildman–Crippen LogP) is 0.727. The Morgan fingerprint density at radius 2 is 2.10 bits per heavy atom. The van der Waals surface area contributed by atoms with Gasteiger partial charge in [0, 0.05) is 41.8 Å². The Kier molecular flexibility index (Phi) is 3.39. The number of carbonyl (C=O) groups excluding carboxylic acids is 2. The van der Waals surface area contributed by atoms with E-state index in [0.29, 0.717) is 19.5 Å². The summed E-state index contributed by atoms with van der Waals surface area (Å²) >= 11 is 3.53. The summed E-state index contributed by atoms with van der Waals surface area (Å²) in [4.78, 5) is 25.1. The minimum Gasteiger partial charge on any atom is -0.368 e. The van der Waals surface area contributed by atoms with Crippen molar-refractivity contribution in [2.75, 3.05) is 29.9 Å². The Bertz CT molecular complexity index is 590. The number of rotatable bonds is 1. The molecule has 2 aliphatic heterocycles. The number of nitrogens with one attached hydrogen (secondary N) is 2. The monoisotopic (exact) mass is 338 g/mol. The second-order valence-electron chi connectivity index (χ2n) is 4.94. The molecule has 1 aromatic rings. The van der Waals surface area contributed by atoms with Gasteiger partial charge in [0.15, 0.2) is 0 Å². The van der Waals surface area contributed by atoms with Gasteiger partial charge < -0.3 is 21.3 Å². The van der Waals surface area contributed by atoms with Gasteiger partial charge in [0.1, 0.15) is 6.04 Å². The van der Waals surface area contributed by atoms with Crippen molar-refractivity contribution >= 4 is 39.1 Å². The van der Waals surface area contributed by atoms with Crippen LogP contribution in [0.25, 0.3) is 0 Å². The van der Waals surface area contributed by atoms with Gasteiger partial charge in [0.05, 0.1) is 5.69 Å². The number of amides is 2. The van der Waals surface area contributed by atoms with E-state index in [1.165, 1.54) is 0 Å². The van der Waals surface area contributed by atoms with Crippen LogP contribution in [0.2, 0.25) is 0 Å². The fourth-order valence-electron chi connectivity index (χ4n) is 2.54. The van der Waals surface area contributed by atoms with Crippen molar-refractivity contribution in [1.82, 2.24) is 5.32 Å². The number of fused-ring (bicyclic) bond motifs is 1. The lowest BCUT2D eigenvalue weighted by molar-refractivity contribution is -0.120. The van der Waals surface area contributed by atoms with Crippen LogP contribution in [0.5, 0.6) is 0 Å². The highest BCUT2D eigenvalue weighted by Gasteiger charge is 2.29. The first-order valence-electron chi connectivity index (χ1n) is 6.48. The SMILES string of the molecule is NC1C(=O)Nc2cc(N3CCNC(=O)CC3)c(Br)cc21. The number of nitrogens with two attached hydrogens (primary N) is 1. The number of nitrogens with zero attached hydrogens (tertiary/aromatic N) is 1. The van der Waals surface area contributed by atoms with E-state index in [1.54, 1.807) is 0 Å². The van der Waals surface area contributed by atoms with E-state index in [1.807, 2.05) is 12.1 Å². The fraction of sp³-hybridized carbons (Fsp3) is 0.385. The predicted molar refractivity (Wildman–Crippen MR) is 79.5 cm³/mol. The number of hydrogen-bond donors (Lipinski definition) is 3. The van der Waals surface area contributed by atoms with E-state index in [0.717, 1.165) is 28.0 Å². The lowest BCUT2D eigenvalue weighted by atomic mass is 10.1. The summed E-state index contributed by atoms with van der Waals surface area (Å²) < 4.78 is 0.887. The normalized spacial score (nSPS) is 22.1. The van der Waals surface area contributed by atoms with Gasteiger partial charge in [-0.25, -0.2) is 0 Å². The molecule has 2 amide bonds. The summed E-state index contributed by atoms with van der Waals surface area (Å²) in [6, 6.07) is 3.19. The standard InChI is InChI=1S/C13H15BrN4O2/c14-8-5-7-9(17-13(20)12(7)15)6-10(8)18-3-1-11(19)16-2-4-18/h5-6,12H,1-4,15H2,(H,16,19)(H,17,20). The molecule has 0 aromatic heterocycles. The molecule has 106 valence electrons. The van der Waals surface area contributed by atoms with Crippen LogP contribution in [-0.2, 0) is 9.59 Å². The lowest BCUT2D eigenvalue weighted by Crippen LogP contribution is -2.28. The van der Waals surface area contributed by atoms with E-state index in [9.17, 15) is 9.59 Å². The lowest BCUT2D eigenvalue weighted by Gasteiger charge is -2.24. The van der Waals surface area contributed by atoms with Gasteiger partial charge in [0.25, 0.3) is 0 Å². The zero-order valence-corrected chi connectivity index (χ0v) is 12.4. The summed E-state index contributed by atoms with van der Waals surface area (Å²) in [5.74, 6) is -0.114. The van der Waals surface area contributed by atoms with Crippen LogP contribution in [0.4, 0.5) is 11.4 Å². The van der Waals surface area contributed by atoms with Crippen LogP contribution in [0.15, 0.2) is 16.6 Å². The van der Waals surface area contributed by atoms with Gasteiger partial charge in [-0.1, -0.05) is 0 Å². The average Bonchev–Trinajstić information content (AvgIpc) is 2.60. The molecular weight excluding hydrogens is 324 g/mol. The van der Waals surface area contributed by atoms with Crippen LogP contribution in [0.3, 0.4) is 0 Å². The zero-order valence-electron chi connectivity index (χ0n) is 10.8. The maximum absolute atomic E-state index is 11.6. The van der Waals surface area contributed by atoms with Crippen LogP contribution in [0.1, 0.15) is 18.0 Å². The number of carbonyl (C=O) groups is 2. The molecule has 0 radical (unpaired) electrons. The summed E-state index contributed by atoms with van der Waals surface area (Å²) in [6.07, 6.45) is 0.468. The number of halogens is 1. The average molecular weight is 339 g/mol. The highest BCUT2D eigenvalue weighted by atomic mass is 79.9. The van der Waals surface area contributed by atoms with Gasteiger partial charge in [0.2, 0.25) is 11.8 Å². The zero-order chi connectivity index (χ0) is 14.3. The van der Waals surface area contributed by atoms with Crippen LogP contribution in [0, 0.1) is 0 Å². The third kappa shape index (κ3) is 2.27. The second-order valence-corrected chi connectivity index (χ2v) is 5.80. The molecule has 1 unspecified atom stereocenters. The maximum Gasteiger partial charge on any atom is 0.245 e. The van der Waals surface area contributed by atoms with Crippen molar-refractivity contribution in [3.8, 4) is 0 Å². The van der Waals surface area contributed by atoms with Gasteiger partial charge in [-0.15, -0.1) is 0 Å². The first-order chi connectivity index (χ1) is 9.56. The molecule has 1 saturated heterocycles. The topological polar surface area (TPSA) is 87.5 Å². The molecule has 0 bridgehead atoms. The van der Waals surface area contributed by atoms with E-state index in [2.05, 4.69) is 31.5 Å². The van der Waals surface area contributed by atoms with Crippen LogP contribution < -0.4 is 21.3 Å². The highest BCUT2D eigenvalue weighted by molar-refractivity contribution is 9.10. The molecule has 0 saturated carbocycles. The Morgan fingerprint density at radius 3 is 2.90 bits per heavy atom. The van der Waals surface area contributed by atoms with Gasteiger partial charge >= 0.3 is 0 Å². The quantitative estimate of drug-likeness (QED) is 0.704. The first-order valence-corrected chi connectivity index (χ1v) is 7.27. The van der Waals surface area contributed by atoms with Crippen molar-refractivity contribution in [2.24, 2.45) is 5.73 Å². The number of anilines is 2. The molecule has 2 aliphatic rings. The Morgan fingerprint density at radius 1 is 1.30 bits per heavy atom. The van der Waals surface area contributed by atoms with Crippen molar-refractivity contribution in [1.29, 1.82) is 0 Å². The fourth-order valence-corrected chi connectivity index (χ4v) is 3.16. The van der Waals surface area contributed by atoms with Crippen LogP contribution >= 0.6 is 15.9 Å². The van der Waals surface area contributed by atoms with E-state index < -0.39 is 6.04 Å². The van der Waals surface area contributed by atoms with E-state index >= 15 is 0 Å². The van der Waals surface area contributed by atoms with Gasteiger partial charge in [-0.05, 0) is 28.1 Å².